The minimum Gasteiger partial charge on any atom is -0.294 e. The zero-order valence-corrected chi connectivity index (χ0v) is 9.97. The van der Waals surface area contributed by atoms with Gasteiger partial charge in [0.25, 0.3) is 0 Å². The first-order chi connectivity index (χ1) is 6.22. The van der Waals surface area contributed by atoms with Crippen LogP contribution in [0.3, 0.4) is 0 Å². The van der Waals surface area contributed by atoms with Gasteiger partial charge in [0.1, 0.15) is 0 Å². The third kappa shape index (κ3) is 2.28. The van der Waals surface area contributed by atoms with E-state index in [-0.39, 0.29) is 0 Å². The molecule has 1 rings (SSSR count). The second-order valence-corrected chi connectivity index (χ2v) is 5.05. The maximum Gasteiger partial charge on any atom is 0.0568 e. The first-order valence-electron chi connectivity index (χ1n) is 5.26. The van der Waals surface area contributed by atoms with Crippen molar-refractivity contribution in [2.75, 3.05) is 6.26 Å². The standard InChI is InChI=1S/C11H21NS/c1-5-6-7-12-10-8(2)11(13-4)9(10)3/h7-11H,5-6H2,1-4H3/b12-7-. The Hall–Kier alpha value is 0.0200. The third-order valence-electron chi connectivity index (χ3n) is 3.08. The summed E-state index contributed by atoms with van der Waals surface area (Å²) in [5.74, 6) is 1.55. The molecule has 0 aromatic rings. The van der Waals surface area contributed by atoms with Crippen molar-refractivity contribution in [2.24, 2.45) is 16.8 Å². The van der Waals surface area contributed by atoms with Crippen molar-refractivity contribution in [3.63, 3.8) is 0 Å². The van der Waals surface area contributed by atoms with E-state index in [0.29, 0.717) is 6.04 Å². The molecule has 76 valence electrons. The van der Waals surface area contributed by atoms with Crippen LogP contribution in [0.25, 0.3) is 0 Å². The van der Waals surface area contributed by atoms with Crippen LogP contribution in [-0.2, 0) is 0 Å². The van der Waals surface area contributed by atoms with E-state index in [1.54, 1.807) is 0 Å². The lowest BCUT2D eigenvalue weighted by atomic mass is 9.71. The van der Waals surface area contributed by atoms with E-state index in [0.717, 1.165) is 23.5 Å². The van der Waals surface area contributed by atoms with Crippen LogP contribution in [0.4, 0.5) is 0 Å². The molecule has 0 aliphatic heterocycles. The van der Waals surface area contributed by atoms with Gasteiger partial charge in [-0.05, 0) is 30.7 Å². The SMILES string of the molecule is CCC/C=N\C1C(C)C(SC)C1C. The maximum atomic E-state index is 4.64. The summed E-state index contributed by atoms with van der Waals surface area (Å²) in [5.41, 5.74) is 0. The number of hydrogen-bond donors (Lipinski definition) is 0. The molecule has 2 atom stereocenters. The van der Waals surface area contributed by atoms with Crippen molar-refractivity contribution in [1.82, 2.24) is 0 Å². The lowest BCUT2D eigenvalue weighted by molar-refractivity contribution is 0.196. The Morgan fingerprint density at radius 1 is 1.31 bits per heavy atom. The van der Waals surface area contributed by atoms with Gasteiger partial charge in [0, 0.05) is 5.25 Å². The predicted molar refractivity (Wildman–Crippen MR) is 62.8 cm³/mol. The first kappa shape index (κ1) is 11.1. The summed E-state index contributed by atoms with van der Waals surface area (Å²) in [4.78, 5) is 4.64. The van der Waals surface area contributed by atoms with Crippen LogP contribution >= 0.6 is 11.8 Å². The minimum atomic E-state index is 0.601. The summed E-state index contributed by atoms with van der Waals surface area (Å²) in [6.07, 6.45) is 6.68. The lowest BCUT2D eigenvalue weighted by Gasteiger charge is -2.46. The Balaban J connectivity index is 2.37. The molecule has 0 amide bonds. The fourth-order valence-electron chi connectivity index (χ4n) is 2.23. The van der Waals surface area contributed by atoms with Crippen LogP contribution in [0.15, 0.2) is 4.99 Å². The van der Waals surface area contributed by atoms with Crippen molar-refractivity contribution in [2.45, 2.75) is 44.9 Å². The van der Waals surface area contributed by atoms with Gasteiger partial charge in [-0.1, -0.05) is 27.2 Å². The van der Waals surface area contributed by atoms with Crippen molar-refractivity contribution >= 4 is 18.0 Å². The van der Waals surface area contributed by atoms with E-state index in [1.165, 1.54) is 6.42 Å². The van der Waals surface area contributed by atoms with Crippen molar-refractivity contribution in [3.05, 3.63) is 0 Å². The number of rotatable bonds is 4. The molecule has 1 nitrogen and oxygen atoms in total. The molecule has 0 radical (unpaired) electrons. The monoisotopic (exact) mass is 199 g/mol. The Bertz CT molecular complexity index is 169. The number of thioether (sulfide) groups is 1. The number of hydrogen-bond acceptors (Lipinski definition) is 2. The van der Waals surface area contributed by atoms with Gasteiger partial charge < -0.3 is 0 Å². The molecule has 0 heterocycles. The second-order valence-electron chi connectivity index (χ2n) is 4.03. The minimum absolute atomic E-state index is 0.601. The molecule has 0 aromatic carbocycles. The maximum absolute atomic E-state index is 4.64. The molecular formula is C11H21NS. The Morgan fingerprint density at radius 2 is 1.92 bits per heavy atom. The highest BCUT2D eigenvalue weighted by molar-refractivity contribution is 7.99. The molecule has 2 unspecified atom stereocenters. The van der Waals surface area contributed by atoms with Gasteiger partial charge in [0.15, 0.2) is 0 Å². The van der Waals surface area contributed by atoms with Crippen LogP contribution in [0, 0.1) is 11.8 Å². The van der Waals surface area contributed by atoms with Crippen molar-refractivity contribution in [3.8, 4) is 0 Å². The number of unbranched alkanes of at least 4 members (excludes halogenated alkanes) is 1. The summed E-state index contributed by atoms with van der Waals surface area (Å²) in [6.45, 7) is 6.86. The molecular weight excluding hydrogens is 178 g/mol. The van der Waals surface area contributed by atoms with Crippen LogP contribution in [0.1, 0.15) is 33.6 Å². The van der Waals surface area contributed by atoms with Gasteiger partial charge in [-0.3, -0.25) is 4.99 Å². The average molecular weight is 199 g/mol. The van der Waals surface area contributed by atoms with Crippen LogP contribution in [-0.4, -0.2) is 23.8 Å². The van der Waals surface area contributed by atoms with E-state index in [2.05, 4.69) is 38.2 Å². The average Bonchev–Trinajstić information content (AvgIpc) is 2.13. The fraction of sp³-hybridized carbons (Fsp3) is 0.909. The molecule has 1 aliphatic carbocycles. The smallest absolute Gasteiger partial charge is 0.0568 e. The zero-order chi connectivity index (χ0) is 9.84. The van der Waals surface area contributed by atoms with Gasteiger partial charge in [-0.2, -0.15) is 11.8 Å². The third-order valence-corrected chi connectivity index (χ3v) is 4.48. The van der Waals surface area contributed by atoms with E-state index in [4.69, 9.17) is 0 Å². The van der Waals surface area contributed by atoms with E-state index in [9.17, 15) is 0 Å². The Labute approximate surface area is 86.4 Å². The van der Waals surface area contributed by atoms with E-state index < -0.39 is 0 Å². The molecule has 0 aromatic heterocycles. The van der Waals surface area contributed by atoms with E-state index in [1.807, 2.05) is 11.8 Å². The molecule has 0 spiro atoms. The number of aliphatic imine (C=N–C) groups is 1. The highest BCUT2D eigenvalue weighted by Crippen LogP contribution is 2.43. The molecule has 0 saturated heterocycles. The molecule has 1 fully saturated rings. The summed E-state index contributed by atoms with van der Waals surface area (Å²) >= 11 is 2.00. The normalized spacial score (nSPS) is 39.4. The number of nitrogens with zero attached hydrogens (tertiary/aromatic N) is 1. The molecule has 0 N–H and O–H groups in total. The van der Waals surface area contributed by atoms with Gasteiger partial charge >= 0.3 is 0 Å². The van der Waals surface area contributed by atoms with Gasteiger partial charge in [0.2, 0.25) is 0 Å². The van der Waals surface area contributed by atoms with Crippen LogP contribution in [0.2, 0.25) is 0 Å². The highest BCUT2D eigenvalue weighted by Gasteiger charge is 2.43. The zero-order valence-electron chi connectivity index (χ0n) is 9.16. The summed E-state index contributed by atoms with van der Waals surface area (Å²) in [5, 5.41) is 0.837. The van der Waals surface area contributed by atoms with Crippen LogP contribution in [0.5, 0.6) is 0 Å². The summed E-state index contributed by atoms with van der Waals surface area (Å²) in [6, 6.07) is 0.601. The van der Waals surface area contributed by atoms with Gasteiger partial charge in [-0.25, -0.2) is 0 Å². The van der Waals surface area contributed by atoms with Crippen molar-refractivity contribution in [1.29, 1.82) is 0 Å². The molecule has 1 saturated carbocycles. The molecule has 2 heteroatoms. The predicted octanol–water partition coefficient (Wildman–Crippen LogP) is 3.24. The van der Waals surface area contributed by atoms with Gasteiger partial charge in [-0.15, -0.1) is 0 Å². The summed E-state index contributed by atoms with van der Waals surface area (Å²) < 4.78 is 0. The van der Waals surface area contributed by atoms with Gasteiger partial charge in [0.05, 0.1) is 6.04 Å². The first-order valence-corrected chi connectivity index (χ1v) is 6.55. The highest BCUT2D eigenvalue weighted by atomic mass is 32.2. The van der Waals surface area contributed by atoms with E-state index >= 15 is 0 Å². The van der Waals surface area contributed by atoms with Crippen LogP contribution < -0.4 is 0 Å². The summed E-state index contributed by atoms with van der Waals surface area (Å²) in [7, 11) is 0. The van der Waals surface area contributed by atoms with Crippen molar-refractivity contribution < 1.29 is 0 Å². The molecule has 0 bridgehead atoms. The fourth-order valence-corrected chi connectivity index (χ4v) is 3.41. The molecule has 1 aliphatic rings. The topological polar surface area (TPSA) is 12.4 Å². The molecule has 13 heavy (non-hydrogen) atoms. The largest absolute Gasteiger partial charge is 0.294 e. The Morgan fingerprint density at radius 3 is 2.38 bits per heavy atom. The lowest BCUT2D eigenvalue weighted by Crippen LogP contribution is -2.49. The quantitative estimate of drug-likeness (QED) is 0.633. The Kier molecular flexibility index (Phi) is 4.30. The second kappa shape index (κ2) is 5.04.